The quantitative estimate of drug-likeness (QED) is 0.136. The van der Waals surface area contributed by atoms with Crippen molar-refractivity contribution in [3.63, 3.8) is 0 Å². The van der Waals surface area contributed by atoms with Gasteiger partial charge in [0.15, 0.2) is 0 Å². The highest BCUT2D eigenvalue weighted by molar-refractivity contribution is 14.1. The number of nitrogens with one attached hydrogen (secondary N) is 2. The molecule has 0 heterocycles. The van der Waals surface area contributed by atoms with Gasteiger partial charge in [0.1, 0.15) is 18.8 Å². The Morgan fingerprint density at radius 1 is 1.06 bits per heavy atom. The summed E-state index contributed by atoms with van der Waals surface area (Å²) in [5, 5.41) is 15.5. The molecule has 3 aromatic rings. The summed E-state index contributed by atoms with van der Waals surface area (Å²) in [6, 6.07) is 20.2. The van der Waals surface area contributed by atoms with Crippen LogP contribution in [-0.4, -0.2) is 18.0 Å². The van der Waals surface area contributed by atoms with Crippen molar-refractivity contribution in [2.45, 2.75) is 13.0 Å². The number of rotatable bonds is 8. The lowest BCUT2D eigenvalue weighted by Gasteiger charge is -2.11. The number of hydrogen-bond donors (Lipinski definition) is 2. The number of amides is 2. The van der Waals surface area contributed by atoms with Gasteiger partial charge in [0.05, 0.1) is 30.7 Å². The van der Waals surface area contributed by atoms with Crippen molar-refractivity contribution in [1.29, 1.82) is 5.26 Å². The lowest BCUT2D eigenvalue weighted by atomic mass is 10.1. The SMILES string of the molecule is N#Cc1ccc(COc2c(I)cc(C=NNC(=O)CC(=O)Nc3ccccc3Br)cc2I)cc1. The zero-order valence-corrected chi connectivity index (χ0v) is 23.4. The molecule has 0 saturated carbocycles. The van der Waals surface area contributed by atoms with Gasteiger partial charge in [-0.25, -0.2) is 5.43 Å². The first-order chi connectivity index (χ1) is 16.4. The van der Waals surface area contributed by atoms with E-state index in [2.05, 4.69) is 83.0 Å². The van der Waals surface area contributed by atoms with Gasteiger partial charge in [0, 0.05) is 4.47 Å². The maximum absolute atomic E-state index is 12.1. The zero-order chi connectivity index (χ0) is 24.5. The summed E-state index contributed by atoms with van der Waals surface area (Å²) in [5.41, 5.74) is 5.30. The fourth-order valence-corrected chi connectivity index (χ4v) is 5.26. The lowest BCUT2D eigenvalue weighted by molar-refractivity contribution is -0.126. The highest BCUT2D eigenvalue weighted by atomic mass is 127. The number of hydrazone groups is 1. The predicted octanol–water partition coefficient (Wildman–Crippen LogP) is 5.59. The van der Waals surface area contributed by atoms with Crippen molar-refractivity contribution in [1.82, 2.24) is 5.43 Å². The summed E-state index contributed by atoms with van der Waals surface area (Å²) in [4.78, 5) is 24.1. The van der Waals surface area contributed by atoms with Crippen molar-refractivity contribution in [3.05, 3.63) is 89.0 Å². The summed E-state index contributed by atoms with van der Waals surface area (Å²) < 4.78 is 8.47. The van der Waals surface area contributed by atoms with Crippen LogP contribution in [0.3, 0.4) is 0 Å². The smallest absolute Gasteiger partial charge is 0.249 e. The molecule has 3 aromatic carbocycles. The molecular weight excluding hydrogens is 726 g/mol. The molecule has 0 radical (unpaired) electrons. The van der Waals surface area contributed by atoms with Crippen molar-refractivity contribution in [2.75, 3.05) is 5.32 Å². The Kier molecular flexibility index (Phi) is 9.85. The molecule has 0 unspecified atom stereocenters. The first kappa shape index (κ1) is 26.1. The number of nitriles is 1. The molecule has 7 nitrogen and oxygen atoms in total. The van der Waals surface area contributed by atoms with E-state index in [0.29, 0.717) is 17.9 Å². The molecule has 10 heteroatoms. The second-order valence-electron chi connectivity index (χ2n) is 6.91. The van der Waals surface area contributed by atoms with Gasteiger partial charge in [-0.1, -0.05) is 24.3 Å². The van der Waals surface area contributed by atoms with Crippen LogP contribution in [0.15, 0.2) is 70.2 Å². The maximum atomic E-state index is 12.1. The van der Waals surface area contributed by atoms with Crippen molar-refractivity contribution in [2.24, 2.45) is 5.10 Å². The Hall–Kier alpha value is -2.50. The monoisotopic (exact) mass is 742 g/mol. The van der Waals surface area contributed by atoms with Crippen LogP contribution < -0.4 is 15.5 Å². The van der Waals surface area contributed by atoms with E-state index in [0.717, 1.165) is 28.5 Å². The van der Waals surface area contributed by atoms with E-state index in [4.69, 9.17) is 10.00 Å². The van der Waals surface area contributed by atoms with Crippen LogP contribution in [0.4, 0.5) is 5.69 Å². The molecule has 0 saturated heterocycles. The van der Waals surface area contributed by atoms with Crippen LogP contribution in [0.1, 0.15) is 23.1 Å². The number of para-hydroxylation sites is 1. The number of anilines is 1. The van der Waals surface area contributed by atoms with Gasteiger partial charge >= 0.3 is 0 Å². The fourth-order valence-electron chi connectivity index (χ4n) is 2.74. The Labute approximate surface area is 232 Å². The molecule has 0 spiro atoms. The molecule has 0 atom stereocenters. The molecule has 0 aliphatic rings. The molecule has 0 bridgehead atoms. The average Bonchev–Trinajstić information content (AvgIpc) is 2.80. The number of hydrogen-bond acceptors (Lipinski definition) is 5. The molecule has 0 aromatic heterocycles. The predicted molar refractivity (Wildman–Crippen MR) is 150 cm³/mol. The number of carbonyl (C=O) groups is 2. The summed E-state index contributed by atoms with van der Waals surface area (Å²) >= 11 is 7.71. The maximum Gasteiger partial charge on any atom is 0.249 e. The number of nitrogens with zero attached hydrogens (tertiary/aromatic N) is 2. The first-order valence-electron chi connectivity index (χ1n) is 9.83. The van der Waals surface area contributed by atoms with E-state index < -0.39 is 11.8 Å². The minimum atomic E-state index is -0.521. The third-order valence-corrected chi connectivity index (χ3v) is 6.65. The first-order valence-corrected chi connectivity index (χ1v) is 12.8. The topological polar surface area (TPSA) is 104 Å². The van der Waals surface area contributed by atoms with E-state index in [-0.39, 0.29) is 6.42 Å². The van der Waals surface area contributed by atoms with Gasteiger partial charge < -0.3 is 10.1 Å². The van der Waals surface area contributed by atoms with Crippen molar-refractivity contribution < 1.29 is 14.3 Å². The number of halogens is 3. The molecule has 34 heavy (non-hydrogen) atoms. The molecule has 0 fully saturated rings. The Morgan fingerprint density at radius 3 is 2.38 bits per heavy atom. The van der Waals surface area contributed by atoms with Crippen LogP contribution in [-0.2, 0) is 16.2 Å². The highest BCUT2D eigenvalue weighted by Gasteiger charge is 2.11. The van der Waals surface area contributed by atoms with Crippen LogP contribution in [0.25, 0.3) is 0 Å². The summed E-state index contributed by atoms with van der Waals surface area (Å²) in [6.07, 6.45) is 1.16. The van der Waals surface area contributed by atoms with Crippen LogP contribution in [0.5, 0.6) is 5.75 Å². The summed E-state index contributed by atoms with van der Waals surface area (Å²) in [5.74, 6) is -0.212. The van der Waals surface area contributed by atoms with E-state index in [1.165, 1.54) is 6.21 Å². The largest absolute Gasteiger partial charge is 0.487 e. The standard InChI is InChI=1S/C24H17BrI2N4O3/c25-18-3-1-2-4-21(18)30-22(32)11-23(33)31-29-13-17-9-19(26)24(20(27)10-17)34-14-16-7-5-15(12-28)6-8-16/h1-10,13H,11,14H2,(H,30,32)(H,31,33). The third kappa shape index (κ3) is 7.78. The zero-order valence-electron chi connectivity index (χ0n) is 17.5. The Bertz CT molecular complexity index is 1250. The van der Waals surface area contributed by atoms with E-state index in [1.54, 1.807) is 30.3 Å². The molecule has 2 N–H and O–H groups in total. The van der Waals surface area contributed by atoms with Gasteiger partial charge in [-0.2, -0.15) is 10.4 Å². The van der Waals surface area contributed by atoms with Crippen LogP contribution in [0.2, 0.25) is 0 Å². The summed E-state index contributed by atoms with van der Waals surface area (Å²) in [6.45, 7) is 0.378. The van der Waals surface area contributed by atoms with Crippen molar-refractivity contribution in [3.8, 4) is 11.8 Å². The normalized spacial score (nSPS) is 10.5. The lowest BCUT2D eigenvalue weighted by Crippen LogP contribution is -2.24. The van der Waals surface area contributed by atoms with Gasteiger partial charge in [0.25, 0.3) is 0 Å². The second-order valence-corrected chi connectivity index (χ2v) is 10.1. The van der Waals surface area contributed by atoms with E-state index in [9.17, 15) is 9.59 Å². The van der Waals surface area contributed by atoms with E-state index >= 15 is 0 Å². The minimum Gasteiger partial charge on any atom is -0.487 e. The molecule has 3 rings (SSSR count). The molecule has 0 aliphatic carbocycles. The van der Waals surface area contributed by atoms with Gasteiger partial charge in [0.2, 0.25) is 11.8 Å². The molecule has 0 aliphatic heterocycles. The average molecular weight is 743 g/mol. The van der Waals surface area contributed by atoms with Crippen molar-refractivity contribution >= 4 is 84.8 Å². The fraction of sp³-hybridized carbons (Fsp3) is 0.0833. The molecule has 172 valence electrons. The number of benzene rings is 3. The number of ether oxygens (including phenoxy) is 1. The molecule has 2 amide bonds. The highest BCUT2D eigenvalue weighted by Crippen LogP contribution is 2.29. The minimum absolute atomic E-state index is 0.351. The Morgan fingerprint density at radius 2 is 1.74 bits per heavy atom. The van der Waals surface area contributed by atoms with Gasteiger partial charge in [-0.3, -0.25) is 9.59 Å². The second kappa shape index (κ2) is 12.8. The van der Waals surface area contributed by atoms with Gasteiger partial charge in [-0.05, 0) is 109 Å². The Balaban J connectivity index is 1.53. The molecular formula is C24H17BrI2N4O3. The van der Waals surface area contributed by atoms with Crippen LogP contribution in [0, 0.1) is 18.5 Å². The summed E-state index contributed by atoms with van der Waals surface area (Å²) in [7, 11) is 0. The number of carbonyl (C=O) groups excluding carboxylic acids is 2. The van der Waals surface area contributed by atoms with Crippen LogP contribution >= 0.6 is 61.1 Å². The third-order valence-electron chi connectivity index (χ3n) is 4.36. The van der Waals surface area contributed by atoms with Gasteiger partial charge in [-0.15, -0.1) is 0 Å². The van der Waals surface area contributed by atoms with E-state index in [1.807, 2.05) is 30.3 Å².